The summed E-state index contributed by atoms with van der Waals surface area (Å²) in [4.78, 5) is 2.46. The van der Waals surface area contributed by atoms with Crippen molar-refractivity contribution in [2.24, 2.45) is 0 Å². The minimum atomic E-state index is 0.903. The molecule has 2 rings (SSSR count). The van der Waals surface area contributed by atoms with E-state index in [-0.39, 0.29) is 0 Å². The quantitative estimate of drug-likeness (QED) is 0.788. The van der Waals surface area contributed by atoms with Gasteiger partial charge in [-0.1, -0.05) is 36.9 Å². The number of benzene rings is 2. The van der Waals surface area contributed by atoms with E-state index in [0.29, 0.717) is 0 Å². The second-order valence-corrected chi connectivity index (χ2v) is 4.93. The Hall–Kier alpha value is -1.41. The average Bonchev–Trinajstić information content (AvgIpc) is 2.40. The fourth-order valence-corrected chi connectivity index (χ4v) is 2.46. The Balaban J connectivity index is 2.13. The molecule has 2 aromatic carbocycles. The lowest BCUT2D eigenvalue weighted by Gasteiger charge is -2.05. The second kappa shape index (κ2) is 5.78. The van der Waals surface area contributed by atoms with E-state index in [2.05, 4.69) is 43.3 Å². The fraction of sp³-hybridized carbons (Fsp3) is 0.200. The number of ether oxygens (including phenoxy) is 1. The standard InChI is InChI=1S/C15H16OS/c1-3-12-7-9-14(10-8-12)17-15-6-4-5-13(11-15)16-2/h4-11H,3H2,1-2H3. The maximum atomic E-state index is 5.22. The minimum Gasteiger partial charge on any atom is -0.497 e. The van der Waals surface area contributed by atoms with E-state index in [4.69, 9.17) is 4.74 Å². The van der Waals surface area contributed by atoms with Gasteiger partial charge in [0.05, 0.1) is 7.11 Å². The zero-order valence-corrected chi connectivity index (χ0v) is 11.0. The summed E-state index contributed by atoms with van der Waals surface area (Å²) in [6.45, 7) is 2.17. The third-order valence-corrected chi connectivity index (χ3v) is 3.61. The maximum absolute atomic E-state index is 5.22. The third-order valence-electron chi connectivity index (χ3n) is 2.61. The van der Waals surface area contributed by atoms with Gasteiger partial charge in [-0.25, -0.2) is 0 Å². The normalized spacial score (nSPS) is 10.2. The van der Waals surface area contributed by atoms with Gasteiger partial charge in [0.25, 0.3) is 0 Å². The van der Waals surface area contributed by atoms with Crippen molar-refractivity contribution in [2.75, 3.05) is 7.11 Å². The summed E-state index contributed by atoms with van der Waals surface area (Å²) in [7, 11) is 1.69. The first-order chi connectivity index (χ1) is 8.31. The molecule has 2 aromatic rings. The van der Waals surface area contributed by atoms with Gasteiger partial charge in [-0.2, -0.15) is 0 Å². The largest absolute Gasteiger partial charge is 0.497 e. The molecule has 88 valence electrons. The van der Waals surface area contributed by atoms with Crippen molar-refractivity contribution < 1.29 is 4.74 Å². The summed E-state index contributed by atoms with van der Waals surface area (Å²) < 4.78 is 5.22. The maximum Gasteiger partial charge on any atom is 0.119 e. The molecule has 0 amide bonds. The van der Waals surface area contributed by atoms with Crippen LogP contribution in [0.2, 0.25) is 0 Å². The van der Waals surface area contributed by atoms with Gasteiger partial charge in [0.2, 0.25) is 0 Å². The van der Waals surface area contributed by atoms with Crippen LogP contribution in [0.25, 0.3) is 0 Å². The summed E-state index contributed by atoms with van der Waals surface area (Å²) in [5.74, 6) is 0.903. The molecule has 0 aromatic heterocycles. The number of hydrogen-bond donors (Lipinski definition) is 0. The van der Waals surface area contributed by atoms with E-state index >= 15 is 0 Å². The molecule has 0 aliphatic rings. The minimum absolute atomic E-state index is 0.903. The molecule has 0 spiro atoms. The lowest BCUT2D eigenvalue weighted by Crippen LogP contribution is -1.82. The highest BCUT2D eigenvalue weighted by Gasteiger charge is 1.99. The Kier molecular flexibility index (Phi) is 4.10. The Morgan fingerprint density at radius 1 is 1.00 bits per heavy atom. The van der Waals surface area contributed by atoms with Crippen molar-refractivity contribution in [3.63, 3.8) is 0 Å². The summed E-state index contributed by atoms with van der Waals surface area (Å²) in [5, 5.41) is 0. The first kappa shape index (κ1) is 12.1. The van der Waals surface area contributed by atoms with Crippen LogP contribution in [0.4, 0.5) is 0 Å². The number of aryl methyl sites for hydroxylation is 1. The molecule has 0 N–H and O–H groups in total. The molecule has 2 heteroatoms. The first-order valence-electron chi connectivity index (χ1n) is 5.72. The van der Waals surface area contributed by atoms with Crippen LogP contribution in [-0.2, 0) is 6.42 Å². The molecule has 0 heterocycles. The average molecular weight is 244 g/mol. The third kappa shape index (κ3) is 3.27. The van der Waals surface area contributed by atoms with Crippen LogP contribution in [0.1, 0.15) is 12.5 Å². The van der Waals surface area contributed by atoms with Crippen molar-refractivity contribution in [3.8, 4) is 5.75 Å². The zero-order valence-electron chi connectivity index (χ0n) is 10.1. The molecule has 17 heavy (non-hydrogen) atoms. The molecule has 0 atom stereocenters. The van der Waals surface area contributed by atoms with E-state index in [1.54, 1.807) is 18.9 Å². The predicted octanol–water partition coefficient (Wildman–Crippen LogP) is 4.41. The lowest BCUT2D eigenvalue weighted by molar-refractivity contribution is 0.413. The highest BCUT2D eigenvalue weighted by Crippen LogP contribution is 2.30. The first-order valence-corrected chi connectivity index (χ1v) is 6.54. The molecule has 0 radical (unpaired) electrons. The van der Waals surface area contributed by atoms with Crippen LogP contribution in [0.15, 0.2) is 58.3 Å². The Bertz CT molecular complexity index is 477. The van der Waals surface area contributed by atoms with Gasteiger partial charge in [-0.05, 0) is 42.3 Å². The fourth-order valence-electron chi connectivity index (χ4n) is 1.59. The smallest absolute Gasteiger partial charge is 0.119 e. The van der Waals surface area contributed by atoms with E-state index < -0.39 is 0 Å². The SMILES string of the molecule is CCc1ccc(Sc2cccc(OC)c2)cc1. The molecule has 0 bridgehead atoms. The topological polar surface area (TPSA) is 9.23 Å². The lowest BCUT2D eigenvalue weighted by atomic mass is 10.2. The molecule has 0 aliphatic carbocycles. The van der Waals surface area contributed by atoms with Crippen LogP contribution < -0.4 is 4.74 Å². The predicted molar refractivity (Wildman–Crippen MR) is 72.9 cm³/mol. The number of hydrogen-bond acceptors (Lipinski definition) is 2. The second-order valence-electron chi connectivity index (χ2n) is 3.78. The van der Waals surface area contributed by atoms with Crippen molar-refractivity contribution in [1.82, 2.24) is 0 Å². The Labute approximate surface area is 107 Å². The molecule has 0 aliphatic heterocycles. The zero-order chi connectivity index (χ0) is 12.1. The Morgan fingerprint density at radius 3 is 2.41 bits per heavy atom. The van der Waals surface area contributed by atoms with Crippen molar-refractivity contribution >= 4 is 11.8 Å². The summed E-state index contributed by atoms with van der Waals surface area (Å²) in [6, 6.07) is 16.8. The van der Waals surface area contributed by atoms with Crippen LogP contribution in [0.5, 0.6) is 5.75 Å². The van der Waals surface area contributed by atoms with Gasteiger partial charge >= 0.3 is 0 Å². The molecule has 0 saturated heterocycles. The van der Waals surface area contributed by atoms with Crippen LogP contribution in [0, 0.1) is 0 Å². The Morgan fingerprint density at radius 2 is 1.76 bits per heavy atom. The van der Waals surface area contributed by atoms with E-state index in [1.165, 1.54) is 15.4 Å². The van der Waals surface area contributed by atoms with Gasteiger partial charge in [0, 0.05) is 9.79 Å². The highest BCUT2D eigenvalue weighted by molar-refractivity contribution is 7.99. The number of rotatable bonds is 4. The van der Waals surface area contributed by atoms with Gasteiger partial charge in [0.1, 0.15) is 5.75 Å². The van der Waals surface area contributed by atoms with E-state index in [1.807, 2.05) is 12.1 Å². The molecule has 1 nitrogen and oxygen atoms in total. The van der Waals surface area contributed by atoms with Crippen LogP contribution in [-0.4, -0.2) is 7.11 Å². The molecular weight excluding hydrogens is 228 g/mol. The summed E-state index contributed by atoms with van der Waals surface area (Å²) in [6.07, 6.45) is 1.09. The summed E-state index contributed by atoms with van der Waals surface area (Å²) >= 11 is 1.76. The summed E-state index contributed by atoms with van der Waals surface area (Å²) in [5.41, 5.74) is 1.37. The molecule has 0 unspecified atom stereocenters. The van der Waals surface area contributed by atoms with E-state index in [0.717, 1.165) is 12.2 Å². The van der Waals surface area contributed by atoms with E-state index in [9.17, 15) is 0 Å². The van der Waals surface area contributed by atoms with Crippen molar-refractivity contribution in [2.45, 2.75) is 23.1 Å². The van der Waals surface area contributed by atoms with Gasteiger partial charge in [0.15, 0.2) is 0 Å². The molecule has 0 fully saturated rings. The van der Waals surface area contributed by atoms with Crippen molar-refractivity contribution in [3.05, 3.63) is 54.1 Å². The van der Waals surface area contributed by atoms with Crippen LogP contribution >= 0.6 is 11.8 Å². The monoisotopic (exact) mass is 244 g/mol. The van der Waals surface area contributed by atoms with Gasteiger partial charge < -0.3 is 4.74 Å². The van der Waals surface area contributed by atoms with Crippen LogP contribution in [0.3, 0.4) is 0 Å². The molecule has 0 saturated carbocycles. The highest BCUT2D eigenvalue weighted by atomic mass is 32.2. The molecular formula is C15H16OS. The van der Waals surface area contributed by atoms with Gasteiger partial charge in [-0.15, -0.1) is 0 Å². The van der Waals surface area contributed by atoms with Crippen molar-refractivity contribution in [1.29, 1.82) is 0 Å². The van der Waals surface area contributed by atoms with Gasteiger partial charge in [-0.3, -0.25) is 0 Å². The number of methoxy groups -OCH3 is 1.